The third kappa shape index (κ3) is 4.11. The van der Waals surface area contributed by atoms with Crippen LogP contribution in [0.1, 0.15) is 22.5 Å². The molecule has 0 radical (unpaired) electrons. The minimum absolute atomic E-state index is 0.235. The Hall–Kier alpha value is -4.45. The number of methoxy groups -OCH3 is 1. The zero-order chi connectivity index (χ0) is 25.4. The summed E-state index contributed by atoms with van der Waals surface area (Å²) < 4.78 is 25.4. The summed E-state index contributed by atoms with van der Waals surface area (Å²) in [5.41, 5.74) is 4.78. The number of nitrogens with zero attached hydrogens (tertiary/aromatic N) is 5. The molecule has 8 nitrogen and oxygen atoms in total. The first-order valence-corrected chi connectivity index (χ1v) is 11.5. The molecule has 0 aliphatic carbocycles. The summed E-state index contributed by atoms with van der Waals surface area (Å²) in [4.78, 5) is 24.5. The Labute approximate surface area is 207 Å². The second kappa shape index (κ2) is 9.30. The van der Waals surface area contributed by atoms with Crippen molar-refractivity contribution in [3.05, 3.63) is 59.9 Å². The highest BCUT2D eigenvalue weighted by molar-refractivity contribution is 5.95. The number of hydrogen-bond donors (Lipinski definition) is 0. The van der Waals surface area contributed by atoms with Gasteiger partial charge in [0.2, 0.25) is 5.88 Å². The highest BCUT2D eigenvalue weighted by Gasteiger charge is 2.24. The molecule has 0 bridgehead atoms. The predicted molar refractivity (Wildman–Crippen MR) is 134 cm³/mol. The second-order valence-corrected chi connectivity index (χ2v) is 8.81. The lowest BCUT2D eigenvalue weighted by molar-refractivity contribution is 0.0821. The molecule has 1 aliphatic rings. The zero-order valence-electron chi connectivity index (χ0n) is 20.2. The predicted octanol–water partition coefficient (Wildman–Crippen LogP) is 4.69. The van der Waals surface area contributed by atoms with Gasteiger partial charge in [-0.25, -0.2) is 9.37 Å². The molecule has 1 saturated heterocycles. The van der Waals surface area contributed by atoms with Gasteiger partial charge < -0.3 is 19.0 Å². The Morgan fingerprint density at radius 2 is 2.06 bits per heavy atom. The summed E-state index contributed by atoms with van der Waals surface area (Å²) in [6, 6.07) is 14.8. The minimum atomic E-state index is -0.876. The molecule has 4 aromatic rings. The number of benzene rings is 1. The number of aromatic nitrogens is 2. The fourth-order valence-corrected chi connectivity index (χ4v) is 4.44. The van der Waals surface area contributed by atoms with Gasteiger partial charge in [0.1, 0.15) is 29.2 Å². The minimum Gasteiger partial charge on any atom is -0.480 e. The van der Waals surface area contributed by atoms with E-state index in [1.807, 2.05) is 23.1 Å². The van der Waals surface area contributed by atoms with E-state index < -0.39 is 6.17 Å². The Bertz CT molecular complexity index is 1510. The van der Waals surface area contributed by atoms with Crippen LogP contribution >= 0.6 is 0 Å². The topological polar surface area (TPSA) is 95.5 Å². The van der Waals surface area contributed by atoms with E-state index in [1.54, 1.807) is 44.6 Å². The molecule has 0 N–H and O–H groups in total. The first kappa shape index (κ1) is 23.3. The molecule has 0 unspecified atom stereocenters. The molecule has 182 valence electrons. The molecule has 4 heterocycles. The van der Waals surface area contributed by atoms with Crippen LogP contribution in [0.4, 0.5) is 10.1 Å². The summed E-state index contributed by atoms with van der Waals surface area (Å²) >= 11 is 0. The summed E-state index contributed by atoms with van der Waals surface area (Å²) in [5, 5.41) is 9.78. The summed E-state index contributed by atoms with van der Waals surface area (Å²) in [6.07, 6.45) is 1.27. The van der Waals surface area contributed by atoms with E-state index in [-0.39, 0.29) is 17.5 Å². The SMILES string of the molecule is COc1nc(C(=O)N(C)C)ccc1-c1cc2nccc(-c3ccc(N4CC[C@@H](F)C4)c(C#N)c3)c2o1. The van der Waals surface area contributed by atoms with Crippen molar-refractivity contribution in [2.24, 2.45) is 0 Å². The van der Waals surface area contributed by atoms with E-state index in [9.17, 15) is 14.4 Å². The lowest BCUT2D eigenvalue weighted by atomic mass is 10.0. The molecule has 1 amide bonds. The number of hydrogen-bond acceptors (Lipinski definition) is 7. The second-order valence-electron chi connectivity index (χ2n) is 8.81. The van der Waals surface area contributed by atoms with Crippen LogP contribution < -0.4 is 9.64 Å². The van der Waals surface area contributed by atoms with Crippen LogP contribution in [0.5, 0.6) is 5.88 Å². The molecule has 1 aromatic carbocycles. The molecule has 1 fully saturated rings. The van der Waals surface area contributed by atoms with Crippen molar-refractivity contribution >= 4 is 22.7 Å². The van der Waals surface area contributed by atoms with Crippen molar-refractivity contribution in [1.82, 2.24) is 14.9 Å². The van der Waals surface area contributed by atoms with Crippen molar-refractivity contribution in [1.29, 1.82) is 5.26 Å². The first-order valence-electron chi connectivity index (χ1n) is 11.5. The number of alkyl halides is 1. The molecule has 3 aromatic heterocycles. The van der Waals surface area contributed by atoms with Gasteiger partial charge in [-0.1, -0.05) is 6.07 Å². The highest BCUT2D eigenvalue weighted by Crippen LogP contribution is 2.38. The summed E-state index contributed by atoms with van der Waals surface area (Å²) in [7, 11) is 4.80. The van der Waals surface area contributed by atoms with E-state index in [4.69, 9.17) is 9.15 Å². The van der Waals surface area contributed by atoms with E-state index in [1.165, 1.54) is 12.0 Å². The van der Waals surface area contributed by atoms with Gasteiger partial charge in [-0.15, -0.1) is 0 Å². The van der Waals surface area contributed by atoms with Gasteiger partial charge >= 0.3 is 0 Å². The molecule has 1 atom stereocenters. The fraction of sp³-hybridized carbons (Fsp3) is 0.259. The lowest BCUT2D eigenvalue weighted by Crippen LogP contribution is -2.22. The average Bonchev–Trinajstić information content (AvgIpc) is 3.53. The Morgan fingerprint density at radius 1 is 1.22 bits per heavy atom. The molecule has 0 saturated carbocycles. The average molecular weight is 486 g/mol. The highest BCUT2D eigenvalue weighted by atomic mass is 19.1. The van der Waals surface area contributed by atoms with Crippen LogP contribution in [0, 0.1) is 11.3 Å². The molecule has 5 rings (SSSR count). The summed E-state index contributed by atoms with van der Waals surface area (Å²) in [5.74, 6) is 0.513. The number of nitriles is 1. The van der Waals surface area contributed by atoms with Gasteiger partial charge in [0, 0.05) is 45.0 Å². The molecule has 0 spiro atoms. The van der Waals surface area contributed by atoms with Gasteiger partial charge in [-0.3, -0.25) is 9.78 Å². The maximum atomic E-state index is 13.7. The number of rotatable bonds is 5. The van der Waals surface area contributed by atoms with Gasteiger partial charge in [-0.05, 0) is 42.3 Å². The number of carbonyl (C=O) groups excluding carboxylic acids is 1. The molecular weight excluding hydrogens is 461 g/mol. The largest absolute Gasteiger partial charge is 0.480 e. The number of carbonyl (C=O) groups is 1. The molecule has 36 heavy (non-hydrogen) atoms. The molecule has 9 heteroatoms. The maximum absolute atomic E-state index is 13.7. The van der Waals surface area contributed by atoms with Crippen molar-refractivity contribution < 1.29 is 18.3 Å². The number of pyridine rings is 2. The number of fused-ring (bicyclic) bond motifs is 1. The number of halogens is 1. The van der Waals surface area contributed by atoms with Gasteiger partial charge in [0.25, 0.3) is 5.91 Å². The van der Waals surface area contributed by atoms with E-state index in [0.717, 1.165) is 16.8 Å². The number of anilines is 1. The van der Waals surface area contributed by atoms with Crippen LogP contribution in [-0.4, -0.2) is 61.2 Å². The standard InChI is InChI=1S/C27H24FN5O3/c1-32(2)27(34)21-6-5-20(26(31-21)35-3)24-13-22-25(36-24)19(8-10-30-22)16-4-7-23(17(12-16)14-29)33-11-9-18(28)15-33/h4-8,10,12-13,18H,9,11,15H2,1-3H3/t18-/m1/s1. The molecule has 1 aliphatic heterocycles. The maximum Gasteiger partial charge on any atom is 0.272 e. The third-order valence-electron chi connectivity index (χ3n) is 6.26. The van der Waals surface area contributed by atoms with Crippen LogP contribution in [0.2, 0.25) is 0 Å². The van der Waals surface area contributed by atoms with Gasteiger partial charge in [0.15, 0.2) is 5.58 Å². The number of ether oxygens (including phenoxy) is 1. The number of amides is 1. The van der Waals surface area contributed by atoms with Crippen LogP contribution in [0.3, 0.4) is 0 Å². The fourth-order valence-electron chi connectivity index (χ4n) is 4.44. The van der Waals surface area contributed by atoms with Crippen LogP contribution in [0.25, 0.3) is 33.6 Å². The van der Waals surface area contributed by atoms with Gasteiger partial charge in [0.05, 0.1) is 23.9 Å². The van der Waals surface area contributed by atoms with Crippen molar-refractivity contribution in [3.8, 4) is 34.4 Å². The zero-order valence-corrected chi connectivity index (χ0v) is 20.2. The van der Waals surface area contributed by atoms with Crippen molar-refractivity contribution in [3.63, 3.8) is 0 Å². The summed E-state index contributed by atoms with van der Waals surface area (Å²) in [6.45, 7) is 0.884. The van der Waals surface area contributed by atoms with Crippen LogP contribution in [0.15, 0.2) is 53.1 Å². The quantitative estimate of drug-likeness (QED) is 0.405. The van der Waals surface area contributed by atoms with E-state index in [0.29, 0.717) is 47.5 Å². The lowest BCUT2D eigenvalue weighted by Gasteiger charge is -2.19. The van der Waals surface area contributed by atoms with Crippen LogP contribution in [-0.2, 0) is 0 Å². The van der Waals surface area contributed by atoms with E-state index >= 15 is 0 Å². The first-order chi connectivity index (χ1) is 17.4. The molecular formula is C27H24FN5O3. The van der Waals surface area contributed by atoms with E-state index in [2.05, 4.69) is 16.0 Å². The Balaban J connectivity index is 1.56. The monoisotopic (exact) mass is 485 g/mol. The smallest absolute Gasteiger partial charge is 0.272 e. The Morgan fingerprint density at radius 3 is 2.75 bits per heavy atom. The van der Waals surface area contributed by atoms with Gasteiger partial charge in [-0.2, -0.15) is 5.26 Å². The third-order valence-corrected chi connectivity index (χ3v) is 6.26. The Kier molecular flexibility index (Phi) is 6.02. The van der Waals surface area contributed by atoms with Crippen molar-refractivity contribution in [2.45, 2.75) is 12.6 Å². The normalized spacial score (nSPS) is 15.2. The van der Waals surface area contributed by atoms with Crippen molar-refractivity contribution in [2.75, 3.05) is 39.2 Å². The number of furan rings is 1.